The summed E-state index contributed by atoms with van der Waals surface area (Å²) >= 11 is 0. The number of rotatable bonds is 2. The number of fused-ring (bicyclic) bond motifs is 1. The third-order valence-electron chi connectivity index (χ3n) is 4.21. The highest BCUT2D eigenvalue weighted by Crippen LogP contribution is 2.32. The van der Waals surface area contributed by atoms with E-state index in [0.717, 1.165) is 18.4 Å². The van der Waals surface area contributed by atoms with Gasteiger partial charge in [-0.15, -0.1) is 0 Å². The number of aromatic nitrogens is 1. The summed E-state index contributed by atoms with van der Waals surface area (Å²) in [5.74, 6) is 6.35. The predicted octanol–water partition coefficient (Wildman–Crippen LogP) is 3.40. The number of nitrogens with zero attached hydrogens (tertiary/aromatic N) is 1. The normalized spacial score (nSPS) is 18.7. The Balaban J connectivity index is 1.67. The van der Waals surface area contributed by atoms with Crippen molar-refractivity contribution < 1.29 is 9.18 Å². The predicted molar refractivity (Wildman–Crippen MR) is 88.8 cm³/mol. The number of carbonyl (C=O) groups is 1. The first-order valence-corrected chi connectivity index (χ1v) is 7.99. The summed E-state index contributed by atoms with van der Waals surface area (Å²) in [6, 6.07) is 6.12. The van der Waals surface area contributed by atoms with Crippen LogP contribution in [0.15, 0.2) is 36.7 Å². The molecule has 5 heteroatoms. The van der Waals surface area contributed by atoms with Crippen molar-refractivity contribution in [2.24, 2.45) is 5.92 Å². The van der Waals surface area contributed by atoms with Crippen molar-refractivity contribution in [3.8, 4) is 11.8 Å². The Morgan fingerprint density at radius 1 is 1.21 bits per heavy atom. The lowest BCUT2D eigenvalue weighted by Gasteiger charge is -2.24. The highest BCUT2D eigenvalue weighted by Gasteiger charge is 2.25. The van der Waals surface area contributed by atoms with Crippen LogP contribution >= 0.6 is 0 Å². The number of halogens is 1. The average Bonchev–Trinajstić information content (AvgIpc) is 3.39. The summed E-state index contributed by atoms with van der Waals surface area (Å²) < 4.78 is 14.5. The van der Waals surface area contributed by atoms with Crippen molar-refractivity contribution >= 4 is 11.7 Å². The molecule has 1 aliphatic carbocycles. The fourth-order valence-electron chi connectivity index (χ4n) is 2.75. The maximum Gasteiger partial charge on any atom is 0.320 e. The van der Waals surface area contributed by atoms with E-state index in [9.17, 15) is 9.18 Å². The molecule has 0 saturated heterocycles. The number of hydrogen-bond acceptors (Lipinski definition) is 2. The van der Waals surface area contributed by atoms with Crippen molar-refractivity contribution in [3.05, 3.63) is 59.2 Å². The largest absolute Gasteiger partial charge is 0.320 e. The van der Waals surface area contributed by atoms with Crippen LogP contribution in [-0.4, -0.2) is 11.0 Å². The van der Waals surface area contributed by atoms with Crippen LogP contribution in [0.5, 0.6) is 0 Å². The molecule has 1 atom stereocenters. The lowest BCUT2D eigenvalue weighted by Crippen LogP contribution is -2.37. The van der Waals surface area contributed by atoms with E-state index < -0.39 is 6.04 Å². The summed E-state index contributed by atoms with van der Waals surface area (Å²) in [4.78, 5) is 15.8. The van der Waals surface area contributed by atoms with Gasteiger partial charge in [-0.25, -0.2) is 9.18 Å². The Hall–Kier alpha value is -2.87. The molecular formula is C19H16FN3O. The van der Waals surface area contributed by atoms with Crippen molar-refractivity contribution in [2.75, 3.05) is 5.32 Å². The zero-order chi connectivity index (χ0) is 16.5. The fraction of sp³-hybridized carbons (Fsp3) is 0.263. The second-order valence-corrected chi connectivity index (χ2v) is 6.16. The zero-order valence-electron chi connectivity index (χ0n) is 13.0. The smallest absolute Gasteiger partial charge is 0.320 e. The molecule has 0 spiro atoms. The van der Waals surface area contributed by atoms with E-state index >= 15 is 0 Å². The van der Waals surface area contributed by atoms with E-state index in [-0.39, 0.29) is 11.8 Å². The van der Waals surface area contributed by atoms with Crippen LogP contribution < -0.4 is 10.6 Å². The van der Waals surface area contributed by atoms with Crippen LogP contribution in [0, 0.1) is 23.6 Å². The van der Waals surface area contributed by atoms with Gasteiger partial charge >= 0.3 is 6.03 Å². The third-order valence-corrected chi connectivity index (χ3v) is 4.21. The maximum atomic E-state index is 14.5. The van der Waals surface area contributed by atoms with Crippen molar-refractivity contribution in [1.29, 1.82) is 0 Å². The van der Waals surface area contributed by atoms with E-state index in [0.29, 0.717) is 29.2 Å². The minimum atomic E-state index is -0.459. The molecule has 120 valence electrons. The van der Waals surface area contributed by atoms with Crippen molar-refractivity contribution in [2.45, 2.75) is 25.3 Å². The SMILES string of the molecule is O=C1Nc2cc(Cc3ccncc3)c(F)cc2[C@H](C#CC2CC2)N1. The topological polar surface area (TPSA) is 54.0 Å². The van der Waals surface area contributed by atoms with Gasteiger partial charge in [-0.3, -0.25) is 4.98 Å². The van der Waals surface area contributed by atoms with Crippen molar-refractivity contribution in [1.82, 2.24) is 10.3 Å². The molecule has 1 aromatic heterocycles. The molecule has 1 aromatic carbocycles. The van der Waals surface area contributed by atoms with Crippen molar-refractivity contribution in [3.63, 3.8) is 0 Å². The monoisotopic (exact) mass is 321 g/mol. The summed E-state index contributed by atoms with van der Waals surface area (Å²) in [5.41, 5.74) is 2.81. The number of anilines is 1. The number of benzene rings is 1. The molecule has 4 nitrogen and oxygen atoms in total. The van der Waals surface area contributed by atoms with E-state index in [1.807, 2.05) is 12.1 Å². The Morgan fingerprint density at radius 3 is 2.75 bits per heavy atom. The van der Waals surface area contributed by atoms with Crippen LogP contribution in [0.3, 0.4) is 0 Å². The van der Waals surface area contributed by atoms with Gasteiger partial charge in [-0.05, 0) is 48.2 Å². The quantitative estimate of drug-likeness (QED) is 0.833. The van der Waals surface area contributed by atoms with Gasteiger partial charge in [0, 0.05) is 36.0 Å². The van der Waals surface area contributed by atoms with Crippen LogP contribution in [0.1, 0.15) is 35.6 Å². The molecule has 4 rings (SSSR count). The number of hydrogen-bond donors (Lipinski definition) is 2. The number of amides is 2. The van der Waals surface area contributed by atoms with Gasteiger partial charge in [0.1, 0.15) is 11.9 Å². The van der Waals surface area contributed by atoms with Gasteiger partial charge in [0.2, 0.25) is 0 Å². The van der Waals surface area contributed by atoms with E-state index in [1.165, 1.54) is 6.07 Å². The molecule has 2 aliphatic rings. The van der Waals surface area contributed by atoms with Gasteiger partial charge in [0.15, 0.2) is 0 Å². The summed E-state index contributed by atoms with van der Waals surface area (Å²) in [6.07, 6.45) is 6.03. The van der Waals surface area contributed by atoms with Gasteiger partial charge in [0.25, 0.3) is 0 Å². The lowest BCUT2D eigenvalue weighted by atomic mass is 9.97. The minimum Gasteiger partial charge on any atom is -0.320 e. The second kappa shape index (κ2) is 5.97. The molecule has 0 bridgehead atoms. The highest BCUT2D eigenvalue weighted by molar-refractivity contribution is 5.93. The number of urea groups is 1. The van der Waals surface area contributed by atoms with Crippen LogP contribution in [0.4, 0.5) is 14.9 Å². The Labute approximate surface area is 139 Å². The van der Waals surface area contributed by atoms with E-state index in [1.54, 1.807) is 18.5 Å². The maximum absolute atomic E-state index is 14.5. The first kappa shape index (κ1) is 14.7. The lowest BCUT2D eigenvalue weighted by molar-refractivity contribution is 0.249. The molecule has 0 unspecified atom stereocenters. The number of nitrogens with one attached hydrogen (secondary N) is 2. The standard InChI is InChI=1S/C19H16FN3O/c20-16-11-15-17(4-3-12-1-2-12)22-19(24)23-18(15)10-14(16)9-13-5-7-21-8-6-13/h5-8,10-12,17H,1-2,9H2,(H2,22,23,24)/t17-/m0/s1. The summed E-state index contributed by atoms with van der Waals surface area (Å²) in [6.45, 7) is 0. The minimum absolute atomic E-state index is 0.290. The van der Waals surface area contributed by atoms with Gasteiger partial charge < -0.3 is 10.6 Å². The van der Waals surface area contributed by atoms with Gasteiger partial charge in [-0.1, -0.05) is 11.8 Å². The molecule has 1 fully saturated rings. The molecule has 2 aromatic rings. The van der Waals surface area contributed by atoms with Crippen LogP contribution in [0.25, 0.3) is 0 Å². The van der Waals surface area contributed by atoms with Gasteiger partial charge in [-0.2, -0.15) is 0 Å². The first-order chi connectivity index (χ1) is 11.7. The van der Waals surface area contributed by atoms with E-state index in [2.05, 4.69) is 27.5 Å². The van der Waals surface area contributed by atoms with Gasteiger partial charge in [0.05, 0.1) is 0 Å². The Morgan fingerprint density at radius 2 is 2.00 bits per heavy atom. The number of pyridine rings is 1. The van der Waals surface area contributed by atoms with Crippen LogP contribution in [0.2, 0.25) is 0 Å². The molecule has 2 amide bonds. The summed E-state index contributed by atoms with van der Waals surface area (Å²) in [5, 5.41) is 5.50. The molecular weight excluding hydrogens is 305 g/mol. The summed E-state index contributed by atoms with van der Waals surface area (Å²) in [7, 11) is 0. The molecule has 0 radical (unpaired) electrons. The third kappa shape index (κ3) is 3.09. The van der Waals surface area contributed by atoms with Crippen LogP contribution in [-0.2, 0) is 6.42 Å². The molecule has 2 heterocycles. The second-order valence-electron chi connectivity index (χ2n) is 6.16. The Kier molecular flexibility index (Phi) is 3.66. The zero-order valence-corrected chi connectivity index (χ0v) is 13.0. The molecule has 1 saturated carbocycles. The molecule has 2 N–H and O–H groups in total. The van der Waals surface area contributed by atoms with E-state index in [4.69, 9.17) is 0 Å². The number of carbonyl (C=O) groups excluding carboxylic acids is 1. The highest BCUT2D eigenvalue weighted by atomic mass is 19.1. The Bertz CT molecular complexity index is 850. The molecule has 1 aliphatic heterocycles. The fourth-order valence-corrected chi connectivity index (χ4v) is 2.75. The average molecular weight is 321 g/mol. The first-order valence-electron chi connectivity index (χ1n) is 7.99. The molecule has 24 heavy (non-hydrogen) atoms.